The van der Waals surface area contributed by atoms with E-state index in [0.717, 1.165) is 19.0 Å². The van der Waals surface area contributed by atoms with E-state index in [-0.39, 0.29) is 0 Å². The van der Waals surface area contributed by atoms with E-state index in [4.69, 9.17) is 6.42 Å². The Labute approximate surface area is 73.5 Å². The molecule has 0 aromatic carbocycles. The molecule has 2 heteroatoms. The smallest absolute Gasteiger partial charge is 0.0214 e. The normalized spacial score (nSPS) is 26.4. The van der Waals surface area contributed by atoms with Crippen molar-refractivity contribution in [2.45, 2.75) is 19.4 Å². The highest BCUT2D eigenvalue weighted by molar-refractivity contribution is 7.99. The predicted octanol–water partition coefficient (Wildman–Crippen LogP) is 1.45. The molecule has 1 aliphatic rings. The molecule has 1 aliphatic heterocycles. The van der Waals surface area contributed by atoms with E-state index in [1.807, 2.05) is 11.8 Å². The van der Waals surface area contributed by atoms with Crippen LogP contribution in [0, 0.1) is 12.3 Å². The zero-order valence-corrected chi connectivity index (χ0v) is 7.86. The summed E-state index contributed by atoms with van der Waals surface area (Å²) in [6.45, 7) is 4.58. The lowest BCUT2D eigenvalue weighted by Gasteiger charge is -2.32. The van der Waals surface area contributed by atoms with E-state index in [1.165, 1.54) is 18.1 Å². The van der Waals surface area contributed by atoms with E-state index in [1.54, 1.807) is 0 Å². The van der Waals surface area contributed by atoms with Gasteiger partial charge in [0.15, 0.2) is 0 Å². The first-order chi connectivity index (χ1) is 5.34. The average molecular weight is 169 g/mol. The van der Waals surface area contributed by atoms with Crippen LogP contribution in [0.5, 0.6) is 0 Å². The molecule has 1 rings (SSSR count). The first-order valence-electron chi connectivity index (χ1n) is 4.10. The second-order valence-corrected chi connectivity index (χ2v) is 4.06. The maximum Gasteiger partial charge on any atom is 0.0214 e. The topological polar surface area (TPSA) is 3.24 Å². The van der Waals surface area contributed by atoms with Crippen molar-refractivity contribution in [1.82, 2.24) is 4.90 Å². The van der Waals surface area contributed by atoms with Gasteiger partial charge in [0, 0.05) is 37.1 Å². The van der Waals surface area contributed by atoms with Crippen molar-refractivity contribution < 1.29 is 0 Å². The molecule has 1 unspecified atom stereocenters. The Morgan fingerprint density at radius 3 is 3.18 bits per heavy atom. The maximum absolute atomic E-state index is 5.21. The largest absolute Gasteiger partial charge is 0.298 e. The molecule has 0 N–H and O–H groups in total. The number of thioether (sulfide) groups is 1. The van der Waals surface area contributed by atoms with Gasteiger partial charge in [-0.25, -0.2) is 0 Å². The highest BCUT2D eigenvalue weighted by atomic mass is 32.2. The van der Waals surface area contributed by atoms with E-state index < -0.39 is 0 Å². The molecule has 1 heterocycles. The number of rotatable bonds is 2. The van der Waals surface area contributed by atoms with Gasteiger partial charge in [0.1, 0.15) is 0 Å². The summed E-state index contributed by atoms with van der Waals surface area (Å²) in [5.74, 6) is 5.23. The third kappa shape index (κ3) is 2.76. The van der Waals surface area contributed by atoms with Gasteiger partial charge in [0.25, 0.3) is 0 Å². The fraction of sp³-hybridized carbons (Fsp3) is 0.778. The molecule has 0 aromatic heterocycles. The molecular weight excluding hydrogens is 154 g/mol. The SMILES string of the molecule is C#CCCN1CCSCC1C. The molecule has 0 bridgehead atoms. The van der Waals surface area contributed by atoms with E-state index in [0.29, 0.717) is 0 Å². The summed E-state index contributed by atoms with van der Waals surface area (Å²) in [5.41, 5.74) is 0. The molecule has 0 saturated carbocycles. The molecule has 1 saturated heterocycles. The van der Waals surface area contributed by atoms with Crippen molar-refractivity contribution in [1.29, 1.82) is 0 Å². The summed E-state index contributed by atoms with van der Waals surface area (Å²) in [5, 5.41) is 0. The molecule has 0 aromatic rings. The van der Waals surface area contributed by atoms with Gasteiger partial charge in [0.05, 0.1) is 0 Å². The standard InChI is InChI=1S/C9H15NS/c1-3-4-5-10-6-7-11-8-9(10)2/h1,9H,4-8H2,2H3. The summed E-state index contributed by atoms with van der Waals surface area (Å²) in [6.07, 6.45) is 6.11. The zero-order chi connectivity index (χ0) is 8.10. The van der Waals surface area contributed by atoms with Crippen molar-refractivity contribution >= 4 is 11.8 Å². The molecule has 1 fully saturated rings. The van der Waals surface area contributed by atoms with E-state index in [9.17, 15) is 0 Å². The monoisotopic (exact) mass is 169 g/mol. The second kappa shape index (κ2) is 4.69. The Kier molecular flexibility index (Phi) is 3.82. The third-order valence-electron chi connectivity index (χ3n) is 2.05. The lowest BCUT2D eigenvalue weighted by atomic mass is 10.3. The van der Waals surface area contributed by atoms with Gasteiger partial charge in [-0.2, -0.15) is 11.8 Å². The van der Waals surface area contributed by atoms with Crippen LogP contribution in [0.1, 0.15) is 13.3 Å². The van der Waals surface area contributed by atoms with E-state index in [2.05, 4.69) is 17.7 Å². The first-order valence-corrected chi connectivity index (χ1v) is 5.25. The summed E-state index contributed by atoms with van der Waals surface area (Å²) >= 11 is 2.05. The molecule has 0 amide bonds. The fourth-order valence-electron chi connectivity index (χ4n) is 1.30. The van der Waals surface area contributed by atoms with Crippen LogP contribution in [0.4, 0.5) is 0 Å². The summed E-state index contributed by atoms with van der Waals surface area (Å²) < 4.78 is 0. The molecule has 62 valence electrons. The van der Waals surface area contributed by atoms with Crippen LogP contribution >= 0.6 is 11.8 Å². The predicted molar refractivity (Wildman–Crippen MR) is 51.8 cm³/mol. The zero-order valence-electron chi connectivity index (χ0n) is 7.05. The van der Waals surface area contributed by atoms with Crippen molar-refractivity contribution in [2.75, 3.05) is 24.6 Å². The molecule has 0 aliphatic carbocycles. The fourth-order valence-corrected chi connectivity index (χ4v) is 2.38. The quantitative estimate of drug-likeness (QED) is 0.576. The third-order valence-corrected chi connectivity index (χ3v) is 3.24. The summed E-state index contributed by atoms with van der Waals surface area (Å²) in [7, 11) is 0. The van der Waals surface area contributed by atoms with E-state index >= 15 is 0 Å². The molecule has 11 heavy (non-hydrogen) atoms. The Balaban J connectivity index is 2.25. The maximum atomic E-state index is 5.21. The number of hydrogen-bond acceptors (Lipinski definition) is 2. The van der Waals surface area contributed by atoms with Gasteiger partial charge in [-0.05, 0) is 6.92 Å². The molecule has 0 radical (unpaired) electrons. The minimum atomic E-state index is 0.724. The molecule has 1 atom stereocenters. The molecular formula is C9H15NS. The van der Waals surface area contributed by atoms with Gasteiger partial charge in [0.2, 0.25) is 0 Å². The lowest BCUT2D eigenvalue weighted by molar-refractivity contribution is 0.238. The van der Waals surface area contributed by atoms with Gasteiger partial charge in [-0.15, -0.1) is 12.3 Å². The second-order valence-electron chi connectivity index (χ2n) is 2.91. The lowest BCUT2D eigenvalue weighted by Crippen LogP contribution is -2.40. The van der Waals surface area contributed by atoms with Crippen LogP contribution in [0.3, 0.4) is 0 Å². The highest BCUT2D eigenvalue weighted by Gasteiger charge is 2.16. The highest BCUT2D eigenvalue weighted by Crippen LogP contribution is 2.15. The van der Waals surface area contributed by atoms with Crippen molar-refractivity contribution in [3.63, 3.8) is 0 Å². The van der Waals surface area contributed by atoms with Crippen LogP contribution in [0.25, 0.3) is 0 Å². The minimum Gasteiger partial charge on any atom is -0.298 e. The first kappa shape index (κ1) is 8.96. The van der Waals surface area contributed by atoms with Crippen molar-refractivity contribution in [3.05, 3.63) is 0 Å². The Hall–Kier alpha value is -0.130. The minimum absolute atomic E-state index is 0.724. The van der Waals surface area contributed by atoms with Crippen molar-refractivity contribution in [3.8, 4) is 12.3 Å². The molecule has 1 nitrogen and oxygen atoms in total. The number of terminal acetylenes is 1. The molecule has 0 spiro atoms. The van der Waals surface area contributed by atoms with Crippen LogP contribution < -0.4 is 0 Å². The Morgan fingerprint density at radius 1 is 1.73 bits per heavy atom. The average Bonchev–Trinajstić information content (AvgIpc) is 2.03. The van der Waals surface area contributed by atoms with Gasteiger partial charge >= 0.3 is 0 Å². The van der Waals surface area contributed by atoms with Crippen LogP contribution in [-0.4, -0.2) is 35.5 Å². The van der Waals surface area contributed by atoms with Gasteiger partial charge in [-0.3, -0.25) is 4.90 Å². The summed E-state index contributed by atoms with van der Waals surface area (Å²) in [6, 6.07) is 0.724. The number of hydrogen-bond donors (Lipinski definition) is 0. The van der Waals surface area contributed by atoms with Crippen molar-refractivity contribution in [2.24, 2.45) is 0 Å². The Bertz CT molecular complexity index is 150. The van der Waals surface area contributed by atoms with Gasteiger partial charge < -0.3 is 0 Å². The van der Waals surface area contributed by atoms with Crippen LogP contribution in [0.15, 0.2) is 0 Å². The number of nitrogens with zero attached hydrogens (tertiary/aromatic N) is 1. The Morgan fingerprint density at radius 2 is 2.55 bits per heavy atom. The van der Waals surface area contributed by atoms with Crippen LogP contribution in [-0.2, 0) is 0 Å². The summed E-state index contributed by atoms with van der Waals surface area (Å²) in [4.78, 5) is 2.48. The van der Waals surface area contributed by atoms with Crippen LogP contribution in [0.2, 0.25) is 0 Å². The van der Waals surface area contributed by atoms with Gasteiger partial charge in [-0.1, -0.05) is 0 Å².